The maximum atomic E-state index is 12.2. The minimum absolute atomic E-state index is 0.0134. The van der Waals surface area contributed by atoms with Gasteiger partial charge in [-0.1, -0.05) is 0 Å². The van der Waals surface area contributed by atoms with Gasteiger partial charge in [0.2, 0.25) is 10.0 Å². The molecule has 1 atom stereocenters. The Bertz CT molecular complexity index is 523. The van der Waals surface area contributed by atoms with Crippen LogP contribution in [0, 0.1) is 5.92 Å². The van der Waals surface area contributed by atoms with Crippen LogP contribution in [0.15, 0.2) is 29.2 Å². The van der Waals surface area contributed by atoms with Crippen molar-refractivity contribution in [3.63, 3.8) is 0 Å². The second-order valence-corrected chi connectivity index (χ2v) is 6.86. The molecule has 20 heavy (non-hydrogen) atoms. The lowest BCUT2D eigenvalue weighted by Gasteiger charge is -2.13. The molecule has 1 fully saturated rings. The first-order chi connectivity index (χ1) is 9.53. The smallest absolute Gasteiger partial charge is 0.240 e. The van der Waals surface area contributed by atoms with Crippen molar-refractivity contribution < 1.29 is 18.3 Å². The minimum Gasteiger partial charge on any atom is -0.494 e. The molecule has 0 radical (unpaired) electrons. The molecule has 1 aromatic rings. The van der Waals surface area contributed by atoms with Gasteiger partial charge in [0, 0.05) is 19.1 Å². The Morgan fingerprint density at radius 3 is 2.55 bits per heavy atom. The van der Waals surface area contributed by atoms with E-state index in [0.717, 1.165) is 12.8 Å². The molecular formula is C14H21NO4S. The van der Waals surface area contributed by atoms with Crippen molar-refractivity contribution in [1.29, 1.82) is 0 Å². The highest BCUT2D eigenvalue weighted by atomic mass is 32.2. The van der Waals surface area contributed by atoms with E-state index in [-0.39, 0.29) is 17.5 Å². The predicted octanol–water partition coefficient (Wildman–Crippen LogP) is 1.52. The number of hydrogen-bond donors (Lipinski definition) is 2. The zero-order valence-corrected chi connectivity index (χ0v) is 12.4. The summed E-state index contributed by atoms with van der Waals surface area (Å²) >= 11 is 0. The Morgan fingerprint density at radius 2 is 2.00 bits per heavy atom. The van der Waals surface area contributed by atoms with E-state index in [4.69, 9.17) is 9.84 Å². The first-order valence-electron chi connectivity index (χ1n) is 6.89. The van der Waals surface area contributed by atoms with E-state index in [1.165, 1.54) is 12.1 Å². The van der Waals surface area contributed by atoms with Gasteiger partial charge in [-0.15, -0.1) is 0 Å². The van der Waals surface area contributed by atoms with E-state index in [2.05, 4.69) is 4.72 Å². The summed E-state index contributed by atoms with van der Waals surface area (Å²) in [5.74, 6) is 1.08. The van der Waals surface area contributed by atoms with E-state index < -0.39 is 10.0 Å². The van der Waals surface area contributed by atoms with Crippen molar-refractivity contribution >= 4 is 10.0 Å². The lowest BCUT2D eigenvalue weighted by atomic mass is 10.2. The molecule has 1 unspecified atom stereocenters. The fourth-order valence-electron chi connectivity index (χ4n) is 1.97. The molecular weight excluding hydrogens is 278 g/mol. The van der Waals surface area contributed by atoms with Crippen LogP contribution in [0.2, 0.25) is 0 Å². The Morgan fingerprint density at radius 1 is 1.35 bits per heavy atom. The zero-order chi connectivity index (χ0) is 14.6. The Hall–Kier alpha value is -1.11. The van der Waals surface area contributed by atoms with E-state index >= 15 is 0 Å². The largest absolute Gasteiger partial charge is 0.494 e. The summed E-state index contributed by atoms with van der Waals surface area (Å²) in [6.07, 6.45) is 2.75. The lowest BCUT2D eigenvalue weighted by Crippen LogP contribution is -2.33. The highest BCUT2D eigenvalue weighted by Crippen LogP contribution is 2.33. The third-order valence-electron chi connectivity index (χ3n) is 3.38. The molecule has 1 aliphatic carbocycles. The molecule has 1 saturated carbocycles. The molecule has 0 saturated heterocycles. The van der Waals surface area contributed by atoms with Crippen molar-refractivity contribution in [2.75, 3.05) is 13.2 Å². The van der Waals surface area contributed by atoms with E-state index in [1.54, 1.807) is 12.1 Å². The van der Waals surface area contributed by atoms with Gasteiger partial charge in [0.1, 0.15) is 5.75 Å². The number of benzene rings is 1. The number of hydrogen-bond acceptors (Lipinski definition) is 4. The molecule has 0 aromatic heterocycles. The first-order valence-corrected chi connectivity index (χ1v) is 8.37. The van der Waals surface area contributed by atoms with Gasteiger partial charge in [0.15, 0.2) is 0 Å². The van der Waals surface area contributed by atoms with E-state index in [0.29, 0.717) is 24.7 Å². The van der Waals surface area contributed by atoms with Crippen LogP contribution >= 0.6 is 0 Å². The van der Waals surface area contributed by atoms with E-state index in [1.807, 2.05) is 6.92 Å². The molecule has 6 heteroatoms. The molecule has 0 heterocycles. The average molecular weight is 299 g/mol. The quantitative estimate of drug-likeness (QED) is 0.714. The molecule has 0 aliphatic heterocycles. The van der Waals surface area contributed by atoms with Crippen molar-refractivity contribution in [2.24, 2.45) is 5.92 Å². The summed E-state index contributed by atoms with van der Waals surface area (Å²) in [7, 11) is -3.45. The standard InChI is InChI=1S/C14H21NO4S/c1-11(12-3-4-12)15-20(17,18)14-7-5-13(6-8-14)19-10-2-9-16/h5-8,11-12,15-16H,2-4,9-10H2,1H3. The molecule has 2 rings (SSSR count). The van der Waals surface area contributed by atoms with Crippen LogP contribution in [0.25, 0.3) is 0 Å². The number of nitrogens with one attached hydrogen (secondary N) is 1. The van der Waals surface area contributed by atoms with Crippen LogP contribution < -0.4 is 9.46 Å². The van der Waals surface area contributed by atoms with Gasteiger partial charge >= 0.3 is 0 Å². The second-order valence-electron chi connectivity index (χ2n) is 5.14. The van der Waals surface area contributed by atoms with Gasteiger partial charge in [-0.25, -0.2) is 13.1 Å². The van der Waals surface area contributed by atoms with Gasteiger partial charge in [-0.2, -0.15) is 0 Å². The summed E-state index contributed by atoms with van der Waals surface area (Å²) in [5.41, 5.74) is 0. The van der Waals surface area contributed by atoms with E-state index in [9.17, 15) is 8.42 Å². The molecule has 0 amide bonds. The van der Waals surface area contributed by atoms with Crippen LogP contribution in [0.5, 0.6) is 5.75 Å². The SMILES string of the molecule is CC(NS(=O)(=O)c1ccc(OCCCO)cc1)C1CC1. The number of aliphatic hydroxyl groups excluding tert-OH is 1. The summed E-state index contributed by atoms with van der Waals surface area (Å²) in [5, 5.41) is 8.66. The van der Waals surface area contributed by atoms with Crippen molar-refractivity contribution in [3.05, 3.63) is 24.3 Å². The number of ether oxygens (including phenoxy) is 1. The Labute approximate surface area is 120 Å². The summed E-state index contributed by atoms with van der Waals surface area (Å²) < 4.78 is 32.4. The highest BCUT2D eigenvalue weighted by molar-refractivity contribution is 7.89. The monoisotopic (exact) mass is 299 g/mol. The van der Waals surface area contributed by atoms with Crippen molar-refractivity contribution in [2.45, 2.75) is 37.1 Å². The van der Waals surface area contributed by atoms with Crippen LogP contribution in [0.3, 0.4) is 0 Å². The molecule has 112 valence electrons. The Balaban J connectivity index is 1.97. The van der Waals surface area contributed by atoms with Crippen LogP contribution in [0.1, 0.15) is 26.2 Å². The maximum absolute atomic E-state index is 12.2. The highest BCUT2D eigenvalue weighted by Gasteiger charge is 2.31. The van der Waals surface area contributed by atoms with Gasteiger partial charge in [0.05, 0.1) is 11.5 Å². The zero-order valence-electron chi connectivity index (χ0n) is 11.6. The second kappa shape index (κ2) is 6.56. The van der Waals surface area contributed by atoms with Crippen molar-refractivity contribution in [1.82, 2.24) is 4.72 Å². The number of sulfonamides is 1. The molecule has 1 aromatic carbocycles. The summed E-state index contributed by atoms with van der Waals surface area (Å²) in [4.78, 5) is 0.250. The fraction of sp³-hybridized carbons (Fsp3) is 0.571. The summed E-state index contributed by atoms with van der Waals surface area (Å²) in [6, 6.07) is 6.33. The maximum Gasteiger partial charge on any atom is 0.240 e. The molecule has 1 aliphatic rings. The topological polar surface area (TPSA) is 75.6 Å². The molecule has 2 N–H and O–H groups in total. The molecule has 0 bridgehead atoms. The number of rotatable bonds is 8. The van der Waals surface area contributed by atoms with Gasteiger partial charge in [-0.05, 0) is 49.9 Å². The molecule has 0 spiro atoms. The van der Waals surface area contributed by atoms with Gasteiger partial charge < -0.3 is 9.84 Å². The van der Waals surface area contributed by atoms with Crippen LogP contribution in [-0.2, 0) is 10.0 Å². The lowest BCUT2D eigenvalue weighted by molar-refractivity contribution is 0.233. The van der Waals surface area contributed by atoms with Crippen molar-refractivity contribution in [3.8, 4) is 5.75 Å². The summed E-state index contributed by atoms with van der Waals surface area (Å²) in [6.45, 7) is 2.40. The normalized spacial score (nSPS) is 16.9. The first kappa shape index (κ1) is 15.3. The third-order valence-corrected chi connectivity index (χ3v) is 4.95. The van der Waals surface area contributed by atoms with Gasteiger partial charge in [0.25, 0.3) is 0 Å². The average Bonchev–Trinajstić information content (AvgIpc) is 3.23. The molecule has 5 nitrogen and oxygen atoms in total. The van der Waals surface area contributed by atoms with Gasteiger partial charge in [-0.3, -0.25) is 0 Å². The number of aliphatic hydroxyl groups is 1. The van der Waals surface area contributed by atoms with Crippen LogP contribution in [0.4, 0.5) is 0 Å². The predicted molar refractivity (Wildman–Crippen MR) is 76.1 cm³/mol. The third kappa shape index (κ3) is 4.19. The van der Waals surface area contributed by atoms with Crippen LogP contribution in [-0.4, -0.2) is 32.8 Å². The Kier molecular flexibility index (Phi) is 5.01. The fourth-order valence-corrected chi connectivity index (χ4v) is 3.29. The minimum atomic E-state index is -3.45.